The molecular weight excluding hydrogens is 400 g/mol. The quantitative estimate of drug-likeness (QED) is 0.248. The molecule has 9 heteroatoms. The lowest BCUT2D eigenvalue weighted by atomic mass is 10.1. The van der Waals surface area contributed by atoms with Crippen molar-refractivity contribution in [2.45, 2.75) is 32.7 Å². The van der Waals surface area contributed by atoms with Gasteiger partial charge in [0.15, 0.2) is 0 Å². The van der Waals surface area contributed by atoms with Crippen LogP contribution in [-0.4, -0.2) is 26.7 Å². The molecule has 1 heterocycles. The lowest BCUT2D eigenvalue weighted by molar-refractivity contribution is -0.385. The van der Waals surface area contributed by atoms with Gasteiger partial charge in [-0.05, 0) is 24.6 Å². The van der Waals surface area contributed by atoms with Crippen molar-refractivity contribution >= 4 is 28.7 Å². The fourth-order valence-corrected chi connectivity index (χ4v) is 3.32. The maximum atomic E-state index is 13.0. The summed E-state index contributed by atoms with van der Waals surface area (Å²) in [5, 5.41) is 25.8. The van der Waals surface area contributed by atoms with Crippen LogP contribution in [0.2, 0.25) is 0 Å². The maximum absolute atomic E-state index is 13.0. The fourth-order valence-electron chi connectivity index (χ4n) is 3.32. The van der Waals surface area contributed by atoms with Crippen molar-refractivity contribution in [2.75, 3.05) is 0 Å². The lowest BCUT2D eigenvalue weighted by Gasteiger charge is -2.14. The second-order valence-electron chi connectivity index (χ2n) is 6.92. The molecule has 0 atom stereocenters. The summed E-state index contributed by atoms with van der Waals surface area (Å²) in [6, 6.07) is 12.7. The van der Waals surface area contributed by atoms with Crippen molar-refractivity contribution in [3.8, 4) is 5.75 Å². The van der Waals surface area contributed by atoms with Crippen LogP contribution in [0.1, 0.15) is 42.1 Å². The van der Waals surface area contributed by atoms with Crippen LogP contribution in [0.3, 0.4) is 0 Å². The Morgan fingerprint density at radius 3 is 2.65 bits per heavy atom. The predicted molar refractivity (Wildman–Crippen MR) is 118 cm³/mol. The van der Waals surface area contributed by atoms with Gasteiger partial charge >= 0.3 is 0 Å². The lowest BCUT2D eigenvalue weighted by Crippen LogP contribution is -2.31. The molecule has 0 bridgehead atoms. The Kier molecular flexibility index (Phi) is 6.76. The number of rotatable bonds is 8. The number of fused-ring (bicyclic) bond motifs is 1. The molecule has 3 rings (SSSR count). The molecule has 0 aliphatic rings. The van der Waals surface area contributed by atoms with Crippen molar-refractivity contribution in [3.05, 3.63) is 80.1 Å². The number of amides is 1. The van der Waals surface area contributed by atoms with Crippen LogP contribution >= 0.6 is 0 Å². The summed E-state index contributed by atoms with van der Waals surface area (Å²) in [6.45, 7) is 2.46. The van der Waals surface area contributed by atoms with Gasteiger partial charge in [0, 0.05) is 18.0 Å². The maximum Gasteiger partial charge on any atom is 0.280 e. The van der Waals surface area contributed by atoms with Gasteiger partial charge in [0.25, 0.3) is 17.2 Å². The number of carbonyl (C=O) groups excluding carboxylic acids is 1. The zero-order valence-corrected chi connectivity index (χ0v) is 16.9. The van der Waals surface area contributed by atoms with E-state index in [0.29, 0.717) is 17.4 Å². The number of aromatic nitrogens is 1. The van der Waals surface area contributed by atoms with E-state index in [1.165, 1.54) is 22.8 Å². The van der Waals surface area contributed by atoms with Crippen molar-refractivity contribution in [2.24, 2.45) is 5.10 Å². The first kappa shape index (κ1) is 21.7. The Morgan fingerprint density at radius 1 is 1.19 bits per heavy atom. The van der Waals surface area contributed by atoms with Gasteiger partial charge in [0.05, 0.1) is 22.2 Å². The normalized spacial score (nSPS) is 11.1. The molecule has 3 aromatic rings. The predicted octanol–water partition coefficient (Wildman–Crippen LogP) is 3.57. The van der Waals surface area contributed by atoms with Gasteiger partial charge in [-0.25, -0.2) is 5.43 Å². The van der Waals surface area contributed by atoms with Crippen LogP contribution in [0, 0.1) is 10.1 Å². The van der Waals surface area contributed by atoms with Crippen molar-refractivity contribution in [1.29, 1.82) is 0 Å². The number of carbonyl (C=O) groups is 1. The molecule has 1 aromatic heterocycles. The number of hydrogen-bond acceptors (Lipinski definition) is 6. The van der Waals surface area contributed by atoms with Crippen LogP contribution in [0.25, 0.3) is 10.9 Å². The van der Waals surface area contributed by atoms with E-state index in [9.17, 15) is 24.8 Å². The van der Waals surface area contributed by atoms with E-state index < -0.39 is 27.7 Å². The molecule has 0 saturated heterocycles. The Morgan fingerprint density at radius 2 is 1.90 bits per heavy atom. The zero-order chi connectivity index (χ0) is 22.4. The minimum Gasteiger partial charge on any atom is -0.506 e. The topological polar surface area (TPSA) is 127 Å². The van der Waals surface area contributed by atoms with E-state index in [0.717, 1.165) is 25.5 Å². The average molecular weight is 422 g/mol. The van der Waals surface area contributed by atoms with E-state index in [-0.39, 0.29) is 11.3 Å². The van der Waals surface area contributed by atoms with Gasteiger partial charge in [0.1, 0.15) is 11.3 Å². The highest BCUT2D eigenvalue weighted by molar-refractivity contribution is 6.02. The van der Waals surface area contributed by atoms with E-state index in [2.05, 4.69) is 10.5 Å². The average Bonchev–Trinajstić information content (AvgIpc) is 2.76. The number of hydrogen-bond donors (Lipinski definition) is 2. The Balaban J connectivity index is 1.96. The van der Waals surface area contributed by atoms with E-state index in [4.69, 9.17) is 0 Å². The molecule has 0 unspecified atom stereocenters. The third-order valence-corrected chi connectivity index (χ3v) is 4.86. The number of aromatic hydroxyl groups is 1. The number of nitrogens with zero attached hydrogens (tertiary/aromatic N) is 3. The highest BCUT2D eigenvalue weighted by Gasteiger charge is 2.22. The van der Waals surface area contributed by atoms with E-state index >= 15 is 0 Å². The standard InChI is InChI=1S/C22H22N4O5/c1-2-3-8-13-25-18-12-7-5-10-16(18)20(27)19(22(25)29)21(28)24-23-14-15-9-4-6-11-17(15)26(30)31/h4-7,9-12,14,27H,2-3,8,13H2,1H3,(H,24,28)/b23-14+. The smallest absolute Gasteiger partial charge is 0.280 e. The van der Waals surface area contributed by atoms with Gasteiger partial charge in [-0.3, -0.25) is 19.7 Å². The van der Waals surface area contributed by atoms with Gasteiger partial charge in [-0.1, -0.05) is 44.0 Å². The summed E-state index contributed by atoms with van der Waals surface area (Å²) in [5.74, 6) is -1.32. The van der Waals surface area contributed by atoms with Gasteiger partial charge in [0.2, 0.25) is 0 Å². The second kappa shape index (κ2) is 9.66. The van der Waals surface area contributed by atoms with E-state index in [1.807, 2.05) is 6.92 Å². The van der Waals surface area contributed by atoms with Crippen molar-refractivity contribution in [3.63, 3.8) is 0 Å². The number of pyridine rings is 1. The molecule has 31 heavy (non-hydrogen) atoms. The number of nitro benzene ring substituents is 1. The van der Waals surface area contributed by atoms with Gasteiger partial charge < -0.3 is 9.67 Å². The van der Waals surface area contributed by atoms with Crippen LogP contribution in [0.5, 0.6) is 5.75 Å². The molecule has 2 N–H and O–H groups in total. The Hall–Kier alpha value is -4.01. The molecule has 0 spiro atoms. The highest BCUT2D eigenvalue weighted by atomic mass is 16.6. The van der Waals surface area contributed by atoms with Crippen molar-refractivity contribution < 1.29 is 14.8 Å². The van der Waals surface area contributed by atoms with Crippen molar-refractivity contribution in [1.82, 2.24) is 9.99 Å². The number of unbranched alkanes of at least 4 members (excludes halogenated alkanes) is 2. The molecule has 0 fully saturated rings. The summed E-state index contributed by atoms with van der Waals surface area (Å²) in [7, 11) is 0. The summed E-state index contributed by atoms with van der Waals surface area (Å²) < 4.78 is 1.48. The molecule has 0 radical (unpaired) electrons. The van der Waals surface area contributed by atoms with Crippen LogP contribution in [0.15, 0.2) is 58.4 Å². The molecule has 0 saturated carbocycles. The zero-order valence-electron chi connectivity index (χ0n) is 16.9. The van der Waals surface area contributed by atoms with Gasteiger partial charge in [-0.2, -0.15) is 5.10 Å². The largest absolute Gasteiger partial charge is 0.506 e. The molecule has 160 valence electrons. The summed E-state index contributed by atoms with van der Waals surface area (Å²) in [6.07, 6.45) is 3.76. The number of nitro groups is 1. The van der Waals surface area contributed by atoms with Crippen LogP contribution in [-0.2, 0) is 6.54 Å². The summed E-state index contributed by atoms with van der Waals surface area (Å²) in [5.41, 5.74) is 1.70. The minimum atomic E-state index is -0.896. The first-order valence-electron chi connectivity index (χ1n) is 9.87. The molecule has 0 aliphatic carbocycles. The Bertz CT molecular complexity index is 1220. The molecule has 2 aromatic carbocycles. The monoisotopic (exact) mass is 422 g/mol. The SMILES string of the molecule is CCCCCn1c(=O)c(C(=O)N/N=C/c2ccccc2[N+](=O)[O-])c(O)c2ccccc21. The Labute approximate surface area is 177 Å². The van der Waals surface area contributed by atoms with Crippen LogP contribution < -0.4 is 11.0 Å². The fraction of sp³-hybridized carbons (Fsp3) is 0.227. The molecule has 0 aliphatic heterocycles. The minimum absolute atomic E-state index is 0.174. The number of aryl methyl sites for hydroxylation is 1. The third-order valence-electron chi connectivity index (χ3n) is 4.86. The number of nitrogens with one attached hydrogen (secondary N) is 1. The van der Waals surface area contributed by atoms with E-state index in [1.54, 1.807) is 30.3 Å². The number of hydrazone groups is 1. The summed E-state index contributed by atoms with van der Waals surface area (Å²) >= 11 is 0. The van der Waals surface area contributed by atoms with Crippen LogP contribution in [0.4, 0.5) is 5.69 Å². The van der Waals surface area contributed by atoms with Gasteiger partial charge in [-0.15, -0.1) is 0 Å². The molecule has 1 amide bonds. The second-order valence-corrected chi connectivity index (χ2v) is 6.92. The first-order chi connectivity index (χ1) is 15.0. The highest BCUT2D eigenvalue weighted by Crippen LogP contribution is 2.26. The summed E-state index contributed by atoms with van der Waals surface area (Å²) in [4.78, 5) is 36.2. The number of benzene rings is 2. The number of para-hydroxylation sites is 2. The third kappa shape index (κ3) is 4.61. The first-order valence-corrected chi connectivity index (χ1v) is 9.87. The molecule has 9 nitrogen and oxygen atoms in total. The molecular formula is C22H22N4O5.